The van der Waals surface area contributed by atoms with Gasteiger partial charge < -0.3 is 43.0 Å². The number of nitrogens with zero attached hydrogens (tertiary/aromatic N) is 4. The lowest BCUT2D eigenvalue weighted by molar-refractivity contribution is -0.157. The smallest absolute Gasteiger partial charge is 0.307 e. The van der Waals surface area contributed by atoms with E-state index in [4.69, 9.17) is 38.2 Å². The molecule has 1 fully saturated rings. The van der Waals surface area contributed by atoms with Gasteiger partial charge in [0.15, 0.2) is 23.1 Å². The number of carbonyl (C=O) groups excluding carboxylic acids is 5. The first kappa shape index (κ1) is 51.1. The molecule has 0 radical (unpaired) electrons. The van der Waals surface area contributed by atoms with Crippen molar-refractivity contribution in [2.75, 3.05) is 75.0 Å². The second-order valence-corrected chi connectivity index (χ2v) is 19.5. The van der Waals surface area contributed by atoms with Crippen LogP contribution in [0.4, 0.5) is 22.7 Å². The van der Waals surface area contributed by atoms with E-state index in [2.05, 4.69) is 11.0 Å². The molecule has 1 aliphatic carbocycles. The molecule has 0 aromatic heterocycles. The lowest BCUT2D eigenvalue weighted by Crippen LogP contribution is -2.37. The van der Waals surface area contributed by atoms with E-state index in [1.165, 1.54) is 12.7 Å². The molecule has 390 valence electrons. The van der Waals surface area contributed by atoms with Crippen molar-refractivity contribution in [2.24, 2.45) is 4.99 Å². The van der Waals surface area contributed by atoms with Gasteiger partial charge in [-0.2, -0.15) is 0 Å². The zero-order chi connectivity index (χ0) is 52.0. The number of aliphatic imine (C=N–C) groups is 1. The number of ketones is 2. The Bertz CT molecular complexity index is 3010. The van der Waals surface area contributed by atoms with Crippen LogP contribution >= 0.6 is 0 Å². The molecule has 1 saturated carbocycles. The molecular formula is C59H62N4O12. The van der Waals surface area contributed by atoms with Gasteiger partial charge in [-0.15, -0.1) is 0 Å². The third-order valence-electron chi connectivity index (χ3n) is 14.6. The molecule has 10 rings (SSSR count). The lowest BCUT2D eigenvalue weighted by Gasteiger charge is -2.26. The Kier molecular flexibility index (Phi) is 15.7. The van der Waals surface area contributed by atoms with Crippen LogP contribution in [-0.4, -0.2) is 114 Å². The first-order valence-electron chi connectivity index (χ1n) is 25.8. The molecule has 0 unspecified atom stereocenters. The summed E-state index contributed by atoms with van der Waals surface area (Å²) in [6.07, 6.45) is 4.07. The highest BCUT2D eigenvalue weighted by Gasteiger charge is 2.39. The van der Waals surface area contributed by atoms with Crippen LogP contribution in [-0.2, 0) is 65.8 Å². The highest BCUT2D eigenvalue weighted by molar-refractivity contribution is 6.15. The Balaban J connectivity index is 0.915. The molecular weight excluding hydrogens is 957 g/mol. The van der Waals surface area contributed by atoms with Gasteiger partial charge in [0.1, 0.15) is 19.0 Å². The van der Waals surface area contributed by atoms with Gasteiger partial charge in [0, 0.05) is 86.8 Å². The van der Waals surface area contributed by atoms with E-state index in [1.54, 1.807) is 24.1 Å². The van der Waals surface area contributed by atoms with Crippen molar-refractivity contribution in [1.82, 2.24) is 0 Å². The number of aryl methyl sites for hydroxylation is 2. The van der Waals surface area contributed by atoms with E-state index in [0.29, 0.717) is 93.0 Å². The SMILES string of the molecule is COCCOCCOCCN(CCCC(=O)OC1C(=O)CCC1=O)c1cc(COc2cc3c(cc2C)C(=O)N2c4ccccc4C[C@H]2CC3)cc(COc2cc3c(cc2OC)C(=O)N2c4ccccc4C[C@H]2C=N3)c1. The fourth-order valence-electron chi connectivity index (χ4n) is 10.7. The molecule has 0 bridgehead atoms. The van der Waals surface area contributed by atoms with E-state index in [-0.39, 0.29) is 67.9 Å². The molecule has 5 aliphatic rings. The van der Waals surface area contributed by atoms with Crippen molar-refractivity contribution >= 4 is 58.3 Å². The number of carbonyl (C=O) groups is 5. The summed E-state index contributed by atoms with van der Waals surface area (Å²) in [6.45, 7) is 5.08. The van der Waals surface area contributed by atoms with Crippen molar-refractivity contribution in [3.63, 3.8) is 0 Å². The van der Waals surface area contributed by atoms with Crippen LogP contribution in [0.25, 0.3) is 0 Å². The highest BCUT2D eigenvalue weighted by atomic mass is 16.6. The molecule has 5 aromatic carbocycles. The average Bonchev–Trinajstić information content (AvgIpc) is 4.04. The van der Waals surface area contributed by atoms with E-state index in [1.807, 2.05) is 90.8 Å². The summed E-state index contributed by atoms with van der Waals surface area (Å²) in [5.41, 5.74) is 9.94. The van der Waals surface area contributed by atoms with E-state index in [9.17, 15) is 24.0 Å². The van der Waals surface area contributed by atoms with Crippen LogP contribution in [0.1, 0.15) is 86.2 Å². The molecule has 75 heavy (non-hydrogen) atoms. The van der Waals surface area contributed by atoms with Crippen molar-refractivity contribution < 1.29 is 57.1 Å². The topological polar surface area (TPSA) is 172 Å². The van der Waals surface area contributed by atoms with E-state index in [0.717, 1.165) is 64.1 Å². The predicted octanol–water partition coefficient (Wildman–Crippen LogP) is 8.08. The summed E-state index contributed by atoms with van der Waals surface area (Å²) in [6, 6.07) is 29.4. The zero-order valence-corrected chi connectivity index (χ0v) is 42.7. The summed E-state index contributed by atoms with van der Waals surface area (Å²) >= 11 is 0. The summed E-state index contributed by atoms with van der Waals surface area (Å²) < 4.78 is 41.2. The van der Waals surface area contributed by atoms with Crippen molar-refractivity contribution in [2.45, 2.75) is 89.7 Å². The summed E-state index contributed by atoms with van der Waals surface area (Å²) in [5, 5.41) is 0. The van der Waals surface area contributed by atoms with E-state index >= 15 is 0 Å². The molecule has 4 heterocycles. The molecule has 0 spiro atoms. The number of hydrogen-bond acceptors (Lipinski definition) is 14. The minimum absolute atomic E-state index is 0.0107. The monoisotopic (exact) mass is 1020 g/mol. The Morgan fingerprint density at radius 2 is 1.33 bits per heavy atom. The molecule has 16 nitrogen and oxygen atoms in total. The fourth-order valence-corrected chi connectivity index (χ4v) is 10.7. The van der Waals surface area contributed by atoms with Crippen LogP contribution in [0.5, 0.6) is 17.2 Å². The summed E-state index contributed by atoms with van der Waals surface area (Å²) in [5.74, 6) is -0.0528. The number of para-hydroxylation sites is 2. The van der Waals surface area contributed by atoms with Gasteiger partial charge in [-0.1, -0.05) is 36.4 Å². The van der Waals surface area contributed by atoms with Crippen molar-refractivity contribution in [3.05, 3.63) is 136 Å². The number of fused-ring (bicyclic) bond motifs is 8. The second-order valence-electron chi connectivity index (χ2n) is 19.5. The second kappa shape index (κ2) is 23.0. The standard InChI is InChI=1S/C59H62N4O12/c1-37-25-46-40(14-15-43-29-41-9-4-6-11-49(41)62(43)58(46)67)31-53(37)73-35-38-26-39(36-74-55-33-48-47(32-54(55)70-3)59(68)63-45(34-60-48)30-42-10-5-7-12-50(42)63)28-44(27-38)61(19-20-71-23-24-72-22-21-69-2)18-8-13-56(66)75-57-51(64)16-17-52(57)65/h4-7,9-12,25-28,31-34,43,45,57H,8,13-24,29-30,35-36H2,1-3H3/t43-,45+/m1/s1. The summed E-state index contributed by atoms with van der Waals surface area (Å²) in [7, 11) is 3.16. The van der Waals surface area contributed by atoms with Crippen LogP contribution in [0, 0.1) is 6.92 Å². The zero-order valence-electron chi connectivity index (χ0n) is 42.7. The van der Waals surface area contributed by atoms with Crippen molar-refractivity contribution in [1.29, 1.82) is 0 Å². The predicted molar refractivity (Wildman–Crippen MR) is 281 cm³/mol. The van der Waals surface area contributed by atoms with Gasteiger partial charge >= 0.3 is 5.97 Å². The number of benzene rings is 5. The number of amides is 2. The maximum Gasteiger partial charge on any atom is 0.307 e. The minimum Gasteiger partial charge on any atom is -0.493 e. The Morgan fingerprint density at radius 1 is 0.667 bits per heavy atom. The highest BCUT2D eigenvalue weighted by Crippen LogP contribution is 2.42. The normalized spacial score (nSPS) is 17.4. The molecule has 0 saturated heterocycles. The maximum atomic E-state index is 14.2. The first-order valence-corrected chi connectivity index (χ1v) is 25.8. The van der Waals surface area contributed by atoms with Gasteiger partial charge in [0.25, 0.3) is 11.8 Å². The average molecular weight is 1020 g/mol. The van der Waals surface area contributed by atoms with Crippen LogP contribution in [0.15, 0.2) is 96.0 Å². The number of anilines is 3. The number of ether oxygens (including phenoxy) is 7. The van der Waals surface area contributed by atoms with Crippen LogP contribution in [0.2, 0.25) is 0 Å². The Hall–Kier alpha value is -7.40. The fraction of sp³-hybridized carbons (Fsp3) is 0.390. The number of rotatable bonds is 22. The molecule has 2 amide bonds. The van der Waals surface area contributed by atoms with Gasteiger partial charge in [-0.3, -0.25) is 33.9 Å². The quantitative estimate of drug-likeness (QED) is 0.0371. The minimum atomic E-state index is -1.33. The third-order valence-corrected chi connectivity index (χ3v) is 14.6. The van der Waals surface area contributed by atoms with Crippen molar-refractivity contribution in [3.8, 4) is 17.2 Å². The van der Waals surface area contributed by atoms with Gasteiger partial charge in [-0.25, -0.2) is 0 Å². The lowest BCUT2D eigenvalue weighted by atomic mass is 9.98. The number of methoxy groups -OCH3 is 2. The van der Waals surface area contributed by atoms with E-state index < -0.39 is 12.1 Å². The van der Waals surface area contributed by atoms with Gasteiger partial charge in [0.05, 0.1) is 57.4 Å². The Morgan fingerprint density at radius 3 is 2.07 bits per heavy atom. The first-order chi connectivity index (χ1) is 36.6. The molecule has 0 N–H and O–H groups in total. The number of esters is 1. The maximum absolute atomic E-state index is 14.2. The number of hydrogen-bond donors (Lipinski definition) is 0. The summed E-state index contributed by atoms with van der Waals surface area (Å²) in [4.78, 5) is 76.6. The number of Topliss-reactive ketones (excluding diaryl/α,β-unsaturated/α-hetero) is 2. The van der Waals surface area contributed by atoms with Gasteiger partial charge in [0.2, 0.25) is 6.10 Å². The van der Waals surface area contributed by atoms with Crippen LogP contribution < -0.4 is 28.9 Å². The molecule has 16 heteroatoms. The largest absolute Gasteiger partial charge is 0.493 e. The molecule has 4 aliphatic heterocycles. The van der Waals surface area contributed by atoms with Crippen LogP contribution in [0.3, 0.4) is 0 Å². The Labute approximate surface area is 436 Å². The van der Waals surface area contributed by atoms with Gasteiger partial charge in [-0.05, 0) is 115 Å². The molecule has 2 atom stereocenters. The molecule has 5 aromatic rings. The third kappa shape index (κ3) is 11.2.